The van der Waals surface area contributed by atoms with Gasteiger partial charge in [0.15, 0.2) is 5.69 Å². The molecule has 0 aliphatic carbocycles. The van der Waals surface area contributed by atoms with Crippen molar-refractivity contribution >= 4 is 39.7 Å². The van der Waals surface area contributed by atoms with E-state index in [1.807, 2.05) is 19.9 Å². The second-order valence-electron chi connectivity index (χ2n) is 7.45. The van der Waals surface area contributed by atoms with Crippen LogP contribution >= 0.6 is 11.6 Å². The maximum atomic E-state index is 13.3. The molecule has 0 spiro atoms. The highest BCUT2D eigenvalue weighted by Gasteiger charge is 2.21. The van der Waals surface area contributed by atoms with Crippen molar-refractivity contribution in [2.75, 3.05) is 36.5 Å². The first-order chi connectivity index (χ1) is 14.5. The molecule has 2 aromatic carbocycles. The molecule has 1 fully saturated rings. The number of hydrogen-bond acceptors (Lipinski definition) is 5. The molecule has 0 atom stereocenters. The van der Waals surface area contributed by atoms with E-state index in [9.17, 15) is 9.59 Å². The maximum Gasteiger partial charge on any atom is 0.276 e. The smallest absolute Gasteiger partial charge is 0.276 e. The normalized spacial score (nSPS) is 14.3. The minimum atomic E-state index is -0.391. The van der Waals surface area contributed by atoms with Crippen molar-refractivity contribution in [3.63, 3.8) is 0 Å². The van der Waals surface area contributed by atoms with Crippen LogP contribution in [0.25, 0.3) is 10.8 Å². The lowest BCUT2D eigenvalue weighted by Crippen LogP contribution is -2.37. The minimum Gasteiger partial charge on any atom is -0.378 e. The molecule has 0 saturated carbocycles. The molecular formula is C22H23ClN4O3. The number of ether oxygens (including phenoxy) is 1. The third kappa shape index (κ3) is 3.91. The second kappa shape index (κ2) is 8.45. The van der Waals surface area contributed by atoms with Crippen LogP contribution in [0.15, 0.2) is 47.3 Å². The fraction of sp³-hybridized carbons (Fsp3) is 0.318. The van der Waals surface area contributed by atoms with E-state index < -0.39 is 5.91 Å². The number of nitrogens with zero attached hydrogens (tertiary/aromatic N) is 3. The number of benzene rings is 2. The molecule has 30 heavy (non-hydrogen) atoms. The number of morpholine rings is 1. The molecule has 8 heteroatoms. The van der Waals surface area contributed by atoms with Crippen LogP contribution in [0.2, 0.25) is 5.02 Å². The Bertz CT molecular complexity index is 1150. The molecule has 7 nitrogen and oxygen atoms in total. The van der Waals surface area contributed by atoms with E-state index in [0.717, 1.165) is 18.8 Å². The van der Waals surface area contributed by atoms with E-state index in [2.05, 4.69) is 15.3 Å². The average molecular weight is 427 g/mol. The molecular weight excluding hydrogens is 404 g/mol. The second-order valence-corrected chi connectivity index (χ2v) is 7.89. The van der Waals surface area contributed by atoms with Crippen molar-refractivity contribution < 1.29 is 9.53 Å². The molecule has 0 radical (unpaired) electrons. The molecule has 4 rings (SSSR count). The SMILES string of the molecule is CC(C)n1nc(C(=O)Nc2cc(Cl)ccc2N2CCOCC2)c2ccccc2c1=O. The van der Waals surface area contributed by atoms with Gasteiger partial charge in [0.25, 0.3) is 11.5 Å². The highest BCUT2D eigenvalue weighted by atomic mass is 35.5. The lowest BCUT2D eigenvalue weighted by molar-refractivity contribution is 0.102. The molecule has 0 unspecified atom stereocenters. The number of hydrogen-bond donors (Lipinski definition) is 1. The number of anilines is 2. The third-order valence-electron chi connectivity index (χ3n) is 5.09. The van der Waals surface area contributed by atoms with Crippen LogP contribution in [0, 0.1) is 0 Å². The lowest BCUT2D eigenvalue weighted by Gasteiger charge is -2.30. The molecule has 156 valence electrons. The van der Waals surface area contributed by atoms with Gasteiger partial charge in [0.1, 0.15) is 0 Å². The van der Waals surface area contributed by atoms with E-state index in [1.54, 1.807) is 36.4 Å². The van der Waals surface area contributed by atoms with Crippen molar-refractivity contribution in [3.05, 3.63) is 63.5 Å². The monoisotopic (exact) mass is 426 g/mol. The Morgan fingerprint density at radius 2 is 1.83 bits per heavy atom. The molecule has 2 heterocycles. The number of carbonyl (C=O) groups excluding carboxylic acids is 1. The fourth-order valence-electron chi connectivity index (χ4n) is 3.59. The van der Waals surface area contributed by atoms with Gasteiger partial charge in [-0.1, -0.05) is 29.8 Å². The van der Waals surface area contributed by atoms with Gasteiger partial charge in [0, 0.05) is 23.5 Å². The largest absolute Gasteiger partial charge is 0.378 e. The summed E-state index contributed by atoms with van der Waals surface area (Å²) in [6.45, 7) is 6.42. The van der Waals surface area contributed by atoms with Crippen LogP contribution in [0.4, 0.5) is 11.4 Å². The van der Waals surface area contributed by atoms with Crippen LogP contribution in [0.5, 0.6) is 0 Å². The summed E-state index contributed by atoms with van der Waals surface area (Å²) in [4.78, 5) is 28.2. The molecule has 1 amide bonds. The molecule has 1 aliphatic heterocycles. The molecule has 3 aromatic rings. The summed E-state index contributed by atoms with van der Waals surface area (Å²) in [7, 11) is 0. The lowest BCUT2D eigenvalue weighted by atomic mass is 10.1. The fourth-order valence-corrected chi connectivity index (χ4v) is 3.77. The maximum absolute atomic E-state index is 13.3. The first-order valence-corrected chi connectivity index (χ1v) is 10.3. The quantitative estimate of drug-likeness (QED) is 0.688. The van der Waals surface area contributed by atoms with Crippen LogP contribution in [-0.2, 0) is 4.74 Å². The van der Waals surface area contributed by atoms with Gasteiger partial charge in [-0.25, -0.2) is 4.68 Å². The summed E-state index contributed by atoms with van der Waals surface area (Å²) in [5.74, 6) is -0.391. The zero-order chi connectivity index (χ0) is 21.3. The summed E-state index contributed by atoms with van der Waals surface area (Å²) < 4.78 is 6.78. The molecule has 1 N–H and O–H groups in total. The van der Waals surface area contributed by atoms with Crippen LogP contribution in [0.3, 0.4) is 0 Å². The zero-order valence-corrected chi connectivity index (χ0v) is 17.6. The van der Waals surface area contributed by atoms with E-state index in [1.165, 1.54) is 4.68 Å². The molecule has 1 aliphatic rings. The summed E-state index contributed by atoms with van der Waals surface area (Å²) >= 11 is 6.21. The van der Waals surface area contributed by atoms with E-state index >= 15 is 0 Å². The highest BCUT2D eigenvalue weighted by molar-refractivity contribution is 6.31. The Kier molecular flexibility index (Phi) is 5.74. The topological polar surface area (TPSA) is 76.5 Å². The average Bonchev–Trinajstić information content (AvgIpc) is 2.74. The van der Waals surface area contributed by atoms with E-state index in [4.69, 9.17) is 16.3 Å². The summed E-state index contributed by atoms with van der Waals surface area (Å²) in [6, 6.07) is 12.3. The summed E-state index contributed by atoms with van der Waals surface area (Å²) in [5, 5.41) is 8.85. The van der Waals surface area contributed by atoms with Gasteiger partial charge in [-0.15, -0.1) is 0 Å². The van der Waals surface area contributed by atoms with Gasteiger partial charge >= 0.3 is 0 Å². The highest BCUT2D eigenvalue weighted by Crippen LogP contribution is 2.30. The number of rotatable bonds is 4. The van der Waals surface area contributed by atoms with Crippen molar-refractivity contribution in [2.24, 2.45) is 0 Å². The third-order valence-corrected chi connectivity index (χ3v) is 5.33. The van der Waals surface area contributed by atoms with Gasteiger partial charge in [0.05, 0.1) is 36.0 Å². The van der Waals surface area contributed by atoms with Crippen molar-refractivity contribution in [3.8, 4) is 0 Å². The number of halogens is 1. The Hall–Kier alpha value is -2.90. The van der Waals surface area contributed by atoms with Crippen molar-refractivity contribution in [1.82, 2.24) is 9.78 Å². The first-order valence-electron chi connectivity index (χ1n) is 9.91. The van der Waals surface area contributed by atoms with Gasteiger partial charge in [-0.3, -0.25) is 9.59 Å². The van der Waals surface area contributed by atoms with Gasteiger partial charge in [-0.05, 0) is 38.1 Å². The van der Waals surface area contributed by atoms with Crippen LogP contribution in [0.1, 0.15) is 30.4 Å². The Labute approximate surface area is 179 Å². The number of nitrogens with one attached hydrogen (secondary N) is 1. The summed E-state index contributed by atoms with van der Waals surface area (Å²) in [6.07, 6.45) is 0. The molecule has 1 saturated heterocycles. The number of fused-ring (bicyclic) bond motifs is 1. The van der Waals surface area contributed by atoms with E-state index in [-0.39, 0.29) is 17.3 Å². The summed E-state index contributed by atoms with van der Waals surface area (Å²) in [5.41, 5.74) is 1.46. The Balaban J connectivity index is 1.77. The predicted octanol–water partition coefficient (Wildman–Crippen LogP) is 3.72. The standard InChI is InChI=1S/C22H23ClN4O3/c1-14(2)27-22(29)17-6-4-3-5-16(17)20(25-27)21(28)24-18-13-15(23)7-8-19(18)26-9-11-30-12-10-26/h3-8,13-14H,9-12H2,1-2H3,(H,24,28). The minimum absolute atomic E-state index is 0.177. The van der Waals surface area contributed by atoms with E-state index in [0.29, 0.717) is 34.7 Å². The number of aromatic nitrogens is 2. The van der Waals surface area contributed by atoms with Gasteiger partial charge < -0.3 is 15.0 Å². The Morgan fingerprint density at radius 1 is 1.13 bits per heavy atom. The van der Waals surface area contributed by atoms with Crippen LogP contribution < -0.4 is 15.8 Å². The van der Waals surface area contributed by atoms with Gasteiger partial charge in [-0.2, -0.15) is 5.10 Å². The first kappa shape index (κ1) is 20.4. The van der Waals surface area contributed by atoms with Crippen molar-refractivity contribution in [2.45, 2.75) is 19.9 Å². The molecule has 1 aromatic heterocycles. The number of carbonyl (C=O) groups is 1. The van der Waals surface area contributed by atoms with Crippen molar-refractivity contribution in [1.29, 1.82) is 0 Å². The van der Waals surface area contributed by atoms with Crippen LogP contribution in [-0.4, -0.2) is 42.0 Å². The predicted molar refractivity (Wildman–Crippen MR) is 119 cm³/mol. The zero-order valence-electron chi connectivity index (χ0n) is 16.9. The Morgan fingerprint density at radius 3 is 2.53 bits per heavy atom. The van der Waals surface area contributed by atoms with Gasteiger partial charge in [0.2, 0.25) is 0 Å². The molecule has 0 bridgehead atoms. The number of amides is 1.